The normalized spacial score (nSPS) is 12.9. The number of amides is 2. The number of hydrogen-bond acceptors (Lipinski definition) is 10. The van der Waals surface area contributed by atoms with E-state index in [0.29, 0.717) is 57.0 Å². The van der Waals surface area contributed by atoms with Gasteiger partial charge in [-0.25, -0.2) is 35.9 Å². The number of fused-ring (bicyclic) bond motifs is 2. The van der Waals surface area contributed by atoms with Crippen molar-refractivity contribution in [3.8, 4) is 28.5 Å². The van der Waals surface area contributed by atoms with Gasteiger partial charge >= 0.3 is 18.1 Å². The van der Waals surface area contributed by atoms with Gasteiger partial charge in [-0.2, -0.15) is 18.4 Å². The van der Waals surface area contributed by atoms with Gasteiger partial charge in [-0.3, -0.25) is 24.5 Å². The zero-order valence-corrected chi connectivity index (χ0v) is 47.0. The first-order valence-electron chi connectivity index (χ1n) is 26.5. The van der Waals surface area contributed by atoms with Crippen LogP contribution in [0.25, 0.3) is 44.2 Å². The molecule has 4 atom stereocenters. The summed E-state index contributed by atoms with van der Waals surface area (Å²) in [4.78, 5) is 65.7. The Morgan fingerprint density at radius 2 is 1.19 bits per heavy atom. The molecule has 88 heavy (non-hydrogen) atoms. The molecule has 9 rings (SSSR count). The summed E-state index contributed by atoms with van der Waals surface area (Å²) in [6.45, 7) is 1.80. The summed E-state index contributed by atoms with van der Waals surface area (Å²) < 4.78 is 135. The number of benzene rings is 6. The number of aryl methyl sites for hydroxylation is 2. The van der Waals surface area contributed by atoms with Crippen molar-refractivity contribution >= 4 is 80.1 Å². The quantitative estimate of drug-likeness (QED) is 0.0370. The maximum atomic E-state index is 15.8. The lowest BCUT2D eigenvalue weighted by atomic mass is 9.94. The van der Waals surface area contributed by atoms with E-state index in [1.54, 1.807) is 49.5 Å². The fourth-order valence-corrected chi connectivity index (χ4v) is 10.6. The summed E-state index contributed by atoms with van der Waals surface area (Å²) in [6, 6.07) is 21.2. The third-order valence-electron chi connectivity index (χ3n) is 14.2. The van der Waals surface area contributed by atoms with Gasteiger partial charge in [0.1, 0.15) is 58.6 Å². The molecule has 0 spiro atoms. The number of carboxylic acids is 2. The number of nitrogens with zero attached hydrogens (tertiary/aromatic N) is 4. The van der Waals surface area contributed by atoms with Gasteiger partial charge in [-0.05, 0) is 96.6 Å². The summed E-state index contributed by atoms with van der Waals surface area (Å²) in [6.07, 6.45) is -7.35. The van der Waals surface area contributed by atoms with Gasteiger partial charge < -0.3 is 31.5 Å². The van der Waals surface area contributed by atoms with Crippen molar-refractivity contribution in [1.29, 1.82) is 5.26 Å². The summed E-state index contributed by atoms with van der Waals surface area (Å²) in [5, 5.41) is 39.6. The van der Waals surface area contributed by atoms with E-state index in [4.69, 9.17) is 23.2 Å². The van der Waals surface area contributed by atoms with Crippen molar-refractivity contribution < 1.29 is 68.9 Å². The highest BCUT2D eigenvalue weighted by Crippen LogP contribution is 2.38. The lowest BCUT2D eigenvalue weighted by Crippen LogP contribution is -2.43. The van der Waals surface area contributed by atoms with Crippen LogP contribution in [0.1, 0.15) is 66.7 Å². The van der Waals surface area contributed by atoms with Crippen LogP contribution >= 0.6 is 23.2 Å². The van der Waals surface area contributed by atoms with Crippen LogP contribution in [0.2, 0.25) is 10.0 Å². The Morgan fingerprint density at radius 1 is 0.636 bits per heavy atom. The third-order valence-corrected chi connectivity index (χ3v) is 14.8. The molecular weight excluding hydrogens is 1210 g/mol. The Balaban J connectivity index is 0.935. The predicted octanol–water partition coefficient (Wildman–Crippen LogP) is 13.8. The van der Waals surface area contributed by atoms with Crippen LogP contribution < -0.4 is 21.3 Å². The van der Waals surface area contributed by atoms with Gasteiger partial charge in [-0.15, -0.1) is 0 Å². The largest absolute Gasteiger partial charge is 0.480 e. The maximum Gasteiger partial charge on any atom is 0.408 e. The number of carbonyl (C=O) groups excluding carboxylic acids is 2. The molecular formula is C63H45Cl2F9N8O6. The minimum absolute atomic E-state index is 0.00688. The smallest absolute Gasteiger partial charge is 0.408 e. The van der Waals surface area contributed by atoms with E-state index in [-0.39, 0.29) is 49.4 Å². The number of aromatic nitrogens is 3. The van der Waals surface area contributed by atoms with E-state index < -0.39 is 132 Å². The molecule has 25 heteroatoms. The number of carbonyl (C=O) groups is 4. The molecule has 0 saturated carbocycles. The molecule has 0 bridgehead atoms. The number of aliphatic carboxylic acids is 2. The number of halogens is 11. The Labute approximate surface area is 504 Å². The van der Waals surface area contributed by atoms with Crippen LogP contribution in [0.4, 0.5) is 50.9 Å². The van der Waals surface area contributed by atoms with Crippen molar-refractivity contribution in [2.75, 3.05) is 10.6 Å². The average Bonchev–Trinajstić information content (AvgIpc) is 0.986. The van der Waals surface area contributed by atoms with Crippen molar-refractivity contribution in [2.45, 2.75) is 69.4 Å². The van der Waals surface area contributed by atoms with E-state index in [9.17, 15) is 56.6 Å². The first-order chi connectivity index (χ1) is 41.9. The number of anilines is 2. The highest BCUT2D eigenvalue weighted by molar-refractivity contribution is 6.34. The lowest BCUT2D eigenvalue weighted by Gasteiger charge is -2.23. The molecule has 450 valence electrons. The van der Waals surface area contributed by atoms with E-state index in [1.807, 2.05) is 6.07 Å². The molecule has 14 nitrogen and oxygen atoms in total. The van der Waals surface area contributed by atoms with E-state index >= 15 is 17.6 Å². The zero-order valence-electron chi connectivity index (χ0n) is 45.5. The van der Waals surface area contributed by atoms with Crippen molar-refractivity contribution in [2.24, 2.45) is 0 Å². The van der Waals surface area contributed by atoms with Gasteiger partial charge in [0.2, 0.25) is 0 Å². The second kappa shape index (κ2) is 26.4. The van der Waals surface area contributed by atoms with Gasteiger partial charge in [0.05, 0.1) is 33.4 Å². The fraction of sp³-hybridized carbons (Fsp3) is 0.175. The van der Waals surface area contributed by atoms with Crippen molar-refractivity contribution in [1.82, 2.24) is 25.6 Å². The van der Waals surface area contributed by atoms with Gasteiger partial charge in [0.15, 0.2) is 0 Å². The SMILES string of the molecule is Cc1cnc(-c2ccc(C[C@H](NC(=O)c3c(F)cc(N[C@H](CCc4ccc5c(C[C@H](NC(=O)c6c(F)cc(NC(c7ccccc7)C(F)F)cc6F)C(=O)O)ccc(-c6ccc(C#N)cc6Cl)c5n4)C(F)(F)F)cc3F)C(=O)O)c3cccnc23)c(Cl)c1. The minimum atomic E-state index is -5.09. The summed E-state index contributed by atoms with van der Waals surface area (Å²) in [7, 11) is 0. The maximum absolute atomic E-state index is 15.8. The predicted molar refractivity (Wildman–Crippen MR) is 310 cm³/mol. The molecule has 0 saturated heterocycles. The number of pyridine rings is 3. The second-order valence-corrected chi connectivity index (χ2v) is 21.0. The molecule has 3 aromatic heterocycles. The van der Waals surface area contributed by atoms with Crippen LogP contribution in [0.5, 0.6) is 0 Å². The number of hydrogen-bond donors (Lipinski definition) is 6. The Morgan fingerprint density at radius 3 is 1.73 bits per heavy atom. The van der Waals surface area contributed by atoms with E-state index in [2.05, 4.69) is 36.2 Å². The molecule has 0 aliphatic heterocycles. The van der Waals surface area contributed by atoms with Gasteiger partial charge in [0.25, 0.3) is 18.2 Å². The molecule has 3 heterocycles. The monoisotopic (exact) mass is 1250 g/mol. The van der Waals surface area contributed by atoms with Gasteiger partial charge in [0, 0.05) is 74.8 Å². The highest BCUT2D eigenvalue weighted by atomic mass is 35.5. The Kier molecular flexibility index (Phi) is 18.9. The number of alkyl halides is 5. The standard InChI is InChI=1S/C63H45Cl2F9N8O6/c1-30-20-44(65)57(77-29-30)42-16-11-33(38-8-5-19-76-55(38)42)22-49(61(85)86)81-59(83)52-45(66)24-36(25-46(52)67)78-51(63(72,73)74)18-13-35-12-17-39-34(10-15-41(56(39)79-35)40-14-9-31(28-75)21-43(40)64)23-50(62(87)88)82-60(84)53-47(68)26-37(27-48(53)69)80-54(58(70)71)32-6-3-2-4-7-32/h2-12,14-17,19-21,24-27,29,49-51,54,58,78,80H,13,18,22-23H2,1H3,(H,81,83)(H,82,84)(H,85,86)(H,87,88)/t49-,50-,51+,54?/m0/s1. The molecule has 0 aliphatic carbocycles. The van der Waals surface area contributed by atoms with Crippen LogP contribution in [0.15, 0.2) is 140 Å². The summed E-state index contributed by atoms with van der Waals surface area (Å²) >= 11 is 13.1. The number of carboxylic acid groups (broad SMARTS) is 2. The Hall–Kier alpha value is -9.79. The average molecular weight is 1250 g/mol. The molecule has 9 aromatic rings. The molecule has 6 aromatic carbocycles. The lowest BCUT2D eigenvalue weighted by molar-refractivity contribution is -0.143. The number of nitrogens with one attached hydrogen (secondary N) is 4. The molecule has 0 radical (unpaired) electrons. The fourth-order valence-electron chi connectivity index (χ4n) is 9.98. The Bertz CT molecular complexity index is 4210. The van der Waals surface area contributed by atoms with Crippen molar-refractivity contribution in [3.63, 3.8) is 0 Å². The first-order valence-corrected chi connectivity index (χ1v) is 27.2. The second-order valence-electron chi connectivity index (χ2n) is 20.2. The highest BCUT2D eigenvalue weighted by Gasteiger charge is 2.40. The van der Waals surface area contributed by atoms with E-state index in [1.165, 1.54) is 72.9 Å². The number of rotatable bonds is 21. The van der Waals surface area contributed by atoms with E-state index in [0.717, 1.165) is 5.56 Å². The van der Waals surface area contributed by atoms with Crippen molar-refractivity contribution in [3.05, 3.63) is 218 Å². The summed E-state index contributed by atoms with van der Waals surface area (Å²) in [5.41, 5.74) is -0.355. The van der Waals surface area contributed by atoms with Crippen LogP contribution in [-0.4, -0.2) is 79.6 Å². The zero-order chi connectivity index (χ0) is 63.3. The molecule has 6 N–H and O–H groups in total. The topological polar surface area (TPSA) is 219 Å². The first kappa shape index (κ1) is 62.7. The van der Waals surface area contributed by atoms with Gasteiger partial charge in [-0.1, -0.05) is 96.0 Å². The van der Waals surface area contributed by atoms with Crippen LogP contribution in [0.3, 0.4) is 0 Å². The third kappa shape index (κ3) is 14.0. The van der Waals surface area contributed by atoms with Crippen LogP contribution in [0, 0.1) is 41.5 Å². The summed E-state index contributed by atoms with van der Waals surface area (Å²) in [5.74, 6) is -12.6. The number of nitriles is 1. The molecule has 1 unspecified atom stereocenters. The molecule has 0 fully saturated rings. The van der Waals surface area contributed by atoms with Crippen LogP contribution in [-0.2, 0) is 28.9 Å². The molecule has 2 amide bonds. The molecule has 0 aliphatic rings. The minimum Gasteiger partial charge on any atom is -0.480 e.